The molecule has 0 heterocycles. The van der Waals surface area contributed by atoms with E-state index in [2.05, 4.69) is 41.5 Å². The van der Waals surface area contributed by atoms with Crippen LogP contribution in [0.3, 0.4) is 0 Å². The molecule has 17 nitrogen and oxygen atoms in total. The Morgan fingerprint density at radius 1 is 0.310 bits per heavy atom. The van der Waals surface area contributed by atoms with Crippen molar-refractivity contribution in [1.29, 1.82) is 0 Å². The number of esters is 4. The fraction of sp³-hybridized carbons (Fsp3) is 0.941. The highest BCUT2D eigenvalue weighted by molar-refractivity contribution is 7.47. The first-order valence-corrected chi connectivity index (χ1v) is 38.5. The molecular formula is C68H132O17P2. The minimum atomic E-state index is -4.95. The molecule has 0 saturated heterocycles. The van der Waals surface area contributed by atoms with Gasteiger partial charge in [-0.2, -0.15) is 0 Å². The van der Waals surface area contributed by atoms with Crippen molar-refractivity contribution in [3.8, 4) is 0 Å². The van der Waals surface area contributed by atoms with E-state index in [4.69, 9.17) is 37.0 Å². The topological polar surface area (TPSA) is 237 Å². The van der Waals surface area contributed by atoms with Crippen molar-refractivity contribution in [2.45, 2.75) is 362 Å². The Hall–Kier alpha value is -1.94. The van der Waals surface area contributed by atoms with E-state index in [9.17, 15) is 43.2 Å². The average molecular weight is 1280 g/mol. The lowest BCUT2D eigenvalue weighted by Gasteiger charge is -2.21. The molecule has 0 aliphatic carbocycles. The third kappa shape index (κ3) is 62.6. The van der Waals surface area contributed by atoms with Crippen LogP contribution < -0.4 is 0 Å². The van der Waals surface area contributed by atoms with Gasteiger partial charge in [-0.15, -0.1) is 0 Å². The second-order valence-corrected chi connectivity index (χ2v) is 28.4. The van der Waals surface area contributed by atoms with Gasteiger partial charge in [0, 0.05) is 25.7 Å². The van der Waals surface area contributed by atoms with Crippen molar-refractivity contribution in [2.24, 2.45) is 11.8 Å². The second-order valence-electron chi connectivity index (χ2n) is 25.5. The van der Waals surface area contributed by atoms with Gasteiger partial charge in [-0.3, -0.25) is 37.3 Å². The molecular weight excluding hydrogens is 1150 g/mol. The molecule has 0 radical (unpaired) electrons. The van der Waals surface area contributed by atoms with Gasteiger partial charge in [0.2, 0.25) is 0 Å². The number of aliphatic hydroxyl groups excluding tert-OH is 1. The quantitative estimate of drug-likeness (QED) is 0.0222. The minimum Gasteiger partial charge on any atom is -0.462 e. The van der Waals surface area contributed by atoms with Gasteiger partial charge in [0.1, 0.15) is 19.3 Å². The number of carbonyl (C=O) groups is 4. The molecule has 2 unspecified atom stereocenters. The van der Waals surface area contributed by atoms with E-state index < -0.39 is 97.5 Å². The van der Waals surface area contributed by atoms with Crippen LogP contribution in [0, 0.1) is 11.8 Å². The molecule has 5 atom stereocenters. The summed E-state index contributed by atoms with van der Waals surface area (Å²) in [4.78, 5) is 72.3. The normalized spacial score (nSPS) is 14.2. The van der Waals surface area contributed by atoms with Crippen LogP contribution in [0.5, 0.6) is 0 Å². The van der Waals surface area contributed by atoms with Gasteiger partial charge >= 0.3 is 39.5 Å². The number of hydrogen-bond donors (Lipinski definition) is 3. The number of phosphoric ester groups is 2. The monoisotopic (exact) mass is 1280 g/mol. The van der Waals surface area contributed by atoms with Crippen LogP contribution in [0.1, 0.15) is 343 Å². The van der Waals surface area contributed by atoms with Crippen molar-refractivity contribution >= 4 is 39.5 Å². The summed E-state index contributed by atoms with van der Waals surface area (Å²) in [5, 5.41) is 10.6. The number of hydrogen-bond acceptors (Lipinski definition) is 15. The Labute approximate surface area is 530 Å². The summed E-state index contributed by atoms with van der Waals surface area (Å²) in [5.74, 6) is -0.663. The number of phosphoric acid groups is 2. The summed E-state index contributed by atoms with van der Waals surface area (Å²) in [7, 11) is -9.89. The van der Waals surface area contributed by atoms with E-state index in [0.29, 0.717) is 31.6 Å². The lowest BCUT2D eigenvalue weighted by Crippen LogP contribution is -2.30. The van der Waals surface area contributed by atoms with Crippen LogP contribution >= 0.6 is 15.6 Å². The maximum absolute atomic E-state index is 13.0. The zero-order valence-electron chi connectivity index (χ0n) is 56.3. The van der Waals surface area contributed by atoms with Gasteiger partial charge in [-0.05, 0) is 37.5 Å². The SMILES string of the molecule is CCCCCCCCCCCCCCCCCC(=O)O[C@H](COC(=O)CCCCCCCCCCCCCC(C)C)COP(=O)(O)OC[C@@H](O)COP(=O)(O)OC[C@@H](COC(=O)CCCCCCCCCC)OC(=O)CCCCCCCCCC(C)C. The van der Waals surface area contributed by atoms with Gasteiger partial charge < -0.3 is 33.8 Å². The van der Waals surface area contributed by atoms with Crippen LogP contribution in [0.4, 0.5) is 0 Å². The molecule has 0 bridgehead atoms. The first kappa shape index (κ1) is 85.1. The predicted octanol–water partition coefficient (Wildman–Crippen LogP) is 19.2. The first-order chi connectivity index (χ1) is 41.9. The molecule has 87 heavy (non-hydrogen) atoms. The van der Waals surface area contributed by atoms with Crippen LogP contribution in [0.25, 0.3) is 0 Å². The Balaban J connectivity index is 5.22. The summed E-state index contributed by atoms with van der Waals surface area (Å²) in [5.41, 5.74) is 0. The number of ether oxygens (including phenoxy) is 4. The first-order valence-electron chi connectivity index (χ1n) is 35.5. The van der Waals surface area contributed by atoms with Gasteiger partial charge in [-0.1, -0.05) is 292 Å². The summed E-state index contributed by atoms with van der Waals surface area (Å²) in [6.45, 7) is 9.45. The summed E-state index contributed by atoms with van der Waals surface area (Å²) in [6, 6.07) is 0. The van der Waals surface area contributed by atoms with Gasteiger partial charge in [0.05, 0.1) is 26.4 Å². The Morgan fingerprint density at radius 2 is 0.529 bits per heavy atom. The fourth-order valence-corrected chi connectivity index (χ4v) is 11.8. The molecule has 0 aromatic rings. The van der Waals surface area contributed by atoms with Crippen molar-refractivity contribution in [3.05, 3.63) is 0 Å². The number of rotatable bonds is 67. The summed E-state index contributed by atoms with van der Waals surface area (Å²) in [6.07, 6.45) is 44.5. The number of aliphatic hydroxyl groups is 1. The third-order valence-electron chi connectivity index (χ3n) is 15.7. The van der Waals surface area contributed by atoms with E-state index in [1.807, 2.05) is 0 Å². The lowest BCUT2D eigenvalue weighted by atomic mass is 10.0. The van der Waals surface area contributed by atoms with Gasteiger partial charge in [-0.25, -0.2) is 9.13 Å². The van der Waals surface area contributed by atoms with Crippen LogP contribution in [0.2, 0.25) is 0 Å². The molecule has 0 spiro atoms. The molecule has 0 rings (SSSR count). The highest BCUT2D eigenvalue weighted by Crippen LogP contribution is 2.45. The molecule has 516 valence electrons. The molecule has 3 N–H and O–H groups in total. The van der Waals surface area contributed by atoms with Crippen LogP contribution in [-0.2, 0) is 65.4 Å². The van der Waals surface area contributed by atoms with Gasteiger partial charge in [0.25, 0.3) is 0 Å². The fourth-order valence-electron chi connectivity index (χ4n) is 10.2. The molecule has 0 aromatic heterocycles. The predicted molar refractivity (Wildman–Crippen MR) is 349 cm³/mol. The van der Waals surface area contributed by atoms with E-state index in [0.717, 1.165) is 102 Å². The van der Waals surface area contributed by atoms with E-state index in [-0.39, 0.29) is 25.7 Å². The maximum Gasteiger partial charge on any atom is 0.472 e. The van der Waals surface area contributed by atoms with Crippen molar-refractivity contribution in [2.75, 3.05) is 39.6 Å². The van der Waals surface area contributed by atoms with E-state index in [1.54, 1.807) is 0 Å². The molecule has 0 fully saturated rings. The zero-order valence-corrected chi connectivity index (χ0v) is 58.1. The van der Waals surface area contributed by atoms with Gasteiger partial charge in [0.15, 0.2) is 12.2 Å². The maximum atomic E-state index is 13.0. The summed E-state index contributed by atoms with van der Waals surface area (Å²) < 4.78 is 68.1. The molecule has 19 heteroatoms. The zero-order chi connectivity index (χ0) is 64.3. The largest absolute Gasteiger partial charge is 0.472 e. The minimum absolute atomic E-state index is 0.103. The molecule has 0 aliphatic rings. The summed E-state index contributed by atoms with van der Waals surface area (Å²) >= 11 is 0. The Morgan fingerprint density at radius 3 is 0.782 bits per heavy atom. The Bertz CT molecular complexity index is 1700. The van der Waals surface area contributed by atoms with E-state index >= 15 is 0 Å². The smallest absolute Gasteiger partial charge is 0.462 e. The molecule has 0 saturated carbocycles. The van der Waals surface area contributed by atoms with Crippen molar-refractivity contribution in [3.63, 3.8) is 0 Å². The highest BCUT2D eigenvalue weighted by atomic mass is 31.2. The standard InChI is InChI=1S/C68H132O17P2/c1-7-9-11-13-15-17-18-19-20-21-24-28-34-40-46-52-67(72)84-63(57-79-66(71)51-45-39-33-27-25-22-23-26-30-36-42-48-60(3)4)58-82-86(74,75)80-54-62(69)55-81-87(76,77)83-59-64(56-78-65(70)50-44-38-32-16-14-12-10-8-2)85-68(73)53-47-41-35-29-31-37-43-49-61(5)6/h60-64,69H,7-59H2,1-6H3,(H,74,75)(H,76,77)/t62-,63-,64-/m1/s1. The Kier molecular flexibility index (Phi) is 59.0. The van der Waals surface area contributed by atoms with Crippen LogP contribution in [-0.4, -0.2) is 96.7 Å². The molecule has 0 aromatic carbocycles. The lowest BCUT2D eigenvalue weighted by molar-refractivity contribution is -0.161. The second kappa shape index (κ2) is 60.3. The molecule has 0 aliphatic heterocycles. The van der Waals surface area contributed by atoms with Crippen molar-refractivity contribution < 1.29 is 80.2 Å². The van der Waals surface area contributed by atoms with Crippen LogP contribution in [0.15, 0.2) is 0 Å². The number of carbonyl (C=O) groups excluding carboxylic acids is 4. The number of unbranched alkanes of at least 4 members (excludes halogenated alkanes) is 37. The van der Waals surface area contributed by atoms with E-state index in [1.165, 1.54) is 154 Å². The highest BCUT2D eigenvalue weighted by Gasteiger charge is 2.30. The third-order valence-corrected chi connectivity index (χ3v) is 17.6. The van der Waals surface area contributed by atoms with Crippen molar-refractivity contribution in [1.82, 2.24) is 0 Å². The molecule has 0 amide bonds. The average Bonchev–Trinajstić information content (AvgIpc) is 3.69.